The number of hydrogen-bond donors (Lipinski definition) is 0. The monoisotopic (exact) mass is 472 g/mol. The van der Waals surface area contributed by atoms with Crippen LogP contribution in [0.5, 0.6) is 0 Å². The number of nitrogens with zero attached hydrogens (tertiary/aromatic N) is 4. The van der Waals surface area contributed by atoms with E-state index in [4.69, 9.17) is 27.6 Å². The van der Waals surface area contributed by atoms with E-state index in [0.717, 1.165) is 6.42 Å². The largest absolute Gasteiger partial charge is 0.419 e. The molecule has 1 fully saturated rings. The fourth-order valence-electron chi connectivity index (χ4n) is 3.80. The number of benzene rings is 2. The molecule has 166 valence electrons. The normalized spacial score (nSPS) is 15.9. The lowest BCUT2D eigenvalue weighted by atomic mass is 10.1. The van der Waals surface area contributed by atoms with Gasteiger partial charge < -0.3 is 14.2 Å². The van der Waals surface area contributed by atoms with Crippen LogP contribution in [0, 0.1) is 5.92 Å². The van der Waals surface area contributed by atoms with Gasteiger partial charge in [-0.3, -0.25) is 9.59 Å². The second-order valence-electron chi connectivity index (χ2n) is 7.60. The lowest BCUT2D eigenvalue weighted by Crippen LogP contribution is -2.37. The van der Waals surface area contributed by atoms with Gasteiger partial charge in [-0.2, -0.15) is 0 Å². The lowest BCUT2D eigenvalue weighted by Gasteiger charge is -2.24. The standard InChI is InChI=1S/C23H22Cl2N4O3/c1-2-11-28(14-20-26-27-22(32-20)16-7-3-4-8-17(16)24)23(31)15-12-21(30)29(13-15)19-10-6-5-9-18(19)25/h3-10,15H,2,11-14H2,1H3. The second-order valence-corrected chi connectivity index (χ2v) is 8.41. The van der Waals surface area contributed by atoms with Crippen molar-refractivity contribution in [2.24, 2.45) is 5.92 Å². The summed E-state index contributed by atoms with van der Waals surface area (Å²) >= 11 is 12.5. The van der Waals surface area contributed by atoms with Crippen LogP contribution in [0.1, 0.15) is 25.7 Å². The lowest BCUT2D eigenvalue weighted by molar-refractivity contribution is -0.136. The quantitative estimate of drug-likeness (QED) is 0.491. The van der Waals surface area contributed by atoms with Gasteiger partial charge in [0.05, 0.1) is 33.8 Å². The maximum absolute atomic E-state index is 13.3. The Labute approximate surface area is 195 Å². The summed E-state index contributed by atoms with van der Waals surface area (Å²) in [6, 6.07) is 14.3. The van der Waals surface area contributed by atoms with Gasteiger partial charge in [0.2, 0.25) is 23.6 Å². The molecule has 1 aliphatic rings. The van der Waals surface area contributed by atoms with Gasteiger partial charge in [0.25, 0.3) is 0 Å². The van der Waals surface area contributed by atoms with Crippen molar-refractivity contribution in [3.8, 4) is 11.5 Å². The summed E-state index contributed by atoms with van der Waals surface area (Å²) in [6.07, 6.45) is 0.894. The first-order valence-electron chi connectivity index (χ1n) is 10.4. The van der Waals surface area contributed by atoms with Gasteiger partial charge in [0.1, 0.15) is 0 Å². The van der Waals surface area contributed by atoms with E-state index in [9.17, 15) is 9.59 Å². The zero-order valence-electron chi connectivity index (χ0n) is 17.5. The van der Waals surface area contributed by atoms with Crippen molar-refractivity contribution in [2.45, 2.75) is 26.3 Å². The number of rotatable bonds is 7. The SMILES string of the molecule is CCCN(Cc1nnc(-c2ccccc2Cl)o1)C(=O)C1CC(=O)N(c2ccccc2Cl)C1. The molecular weight excluding hydrogens is 451 g/mol. The molecule has 0 bridgehead atoms. The number of anilines is 1. The number of carbonyl (C=O) groups excluding carboxylic acids is 2. The highest BCUT2D eigenvalue weighted by Crippen LogP contribution is 2.32. The van der Waals surface area contributed by atoms with E-state index in [0.29, 0.717) is 39.6 Å². The molecule has 1 saturated heterocycles. The molecule has 0 radical (unpaired) electrons. The smallest absolute Gasteiger partial charge is 0.249 e. The van der Waals surface area contributed by atoms with E-state index in [1.165, 1.54) is 0 Å². The minimum atomic E-state index is -0.462. The van der Waals surface area contributed by atoms with E-state index < -0.39 is 5.92 Å². The van der Waals surface area contributed by atoms with Crippen molar-refractivity contribution >= 4 is 40.7 Å². The number of carbonyl (C=O) groups is 2. The van der Waals surface area contributed by atoms with Crippen LogP contribution in [0.2, 0.25) is 10.0 Å². The summed E-state index contributed by atoms with van der Waals surface area (Å²) in [7, 11) is 0. The molecule has 1 atom stereocenters. The first-order valence-corrected chi connectivity index (χ1v) is 11.1. The summed E-state index contributed by atoms with van der Waals surface area (Å²) in [4.78, 5) is 29.1. The minimum absolute atomic E-state index is 0.118. The molecule has 2 aromatic carbocycles. The maximum Gasteiger partial charge on any atom is 0.249 e. The molecule has 1 aromatic heterocycles. The third-order valence-electron chi connectivity index (χ3n) is 5.32. The van der Waals surface area contributed by atoms with Crippen LogP contribution in [-0.2, 0) is 16.1 Å². The summed E-state index contributed by atoms with van der Waals surface area (Å²) < 4.78 is 5.77. The number of halogens is 2. The molecule has 2 amide bonds. The molecule has 7 nitrogen and oxygen atoms in total. The van der Waals surface area contributed by atoms with E-state index in [1.54, 1.807) is 40.1 Å². The van der Waals surface area contributed by atoms with E-state index >= 15 is 0 Å². The summed E-state index contributed by atoms with van der Waals surface area (Å²) in [5.74, 6) is -0.0836. The molecule has 9 heteroatoms. The first kappa shape index (κ1) is 22.3. The zero-order chi connectivity index (χ0) is 22.7. The predicted molar refractivity (Wildman–Crippen MR) is 122 cm³/mol. The number of amides is 2. The van der Waals surface area contributed by atoms with Crippen molar-refractivity contribution in [2.75, 3.05) is 18.0 Å². The molecule has 1 aliphatic heterocycles. The molecule has 1 unspecified atom stereocenters. The van der Waals surface area contributed by atoms with Crippen LogP contribution in [0.3, 0.4) is 0 Å². The molecule has 0 N–H and O–H groups in total. The molecule has 0 aliphatic carbocycles. The van der Waals surface area contributed by atoms with Crippen LogP contribution in [0.25, 0.3) is 11.5 Å². The van der Waals surface area contributed by atoms with Crippen molar-refractivity contribution in [1.82, 2.24) is 15.1 Å². The Balaban J connectivity index is 1.49. The maximum atomic E-state index is 13.3. The Morgan fingerprint density at radius 1 is 1.12 bits per heavy atom. The van der Waals surface area contributed by atoms with Crippen LogP contribution in [-0.4, -0.2) is 40.0 Å². The van der Waals surface area contributed by atoms with Gasteiger partial charge in [-0.1, -0.05) is 54.4 Å². The molecule has 0 spiro atoms. The summed E-state index contributed by atoms with van der Waals surface area (Å²) in [6.45, 7) is 2.95. The van der Waals surface area contributed by atoms with Crippen molar-refractivity contribution in [3.05, 3.63) is 64.5 Å². The van der Waals surface area contributed by atoms with Gasteiger partial charge in [-0.25, -0.2) is 0 Å². The second kappa shape index (κ2) is 9.71. The van der Waals surface area contributed by atoms with Crippen molar-refractivity contribution in [3.63, 3.8) is 0 Å². The molecule has 0 saturated carbocycles. The van der Waals surface area contributed by atoms with Crippen molar-refractivity contribution in [1.29, 1.82) is 0 Å². The van der Waals surface area contributed by atoms with Gasteiger partial charge in [-0.15, -0.1) is 10.2 Å². The van der Waals surface area contributed by atoms with Crippen LogP contribution in [0.4, 0.5) is 5.69 Å². The van der Waals surface area contributed by atoms with Gasteiger partial charge in [0, 0.05) is 19.5 Å². The fourth-order valence-corrected chi connectivity index (χ4v) is 4.25. The predicted octanol–water partition coefficient (Wildman–Crippen LogP) is 4.84. The van der Waals surface area contributed by atoms with Gasteiger partial charge in [-0.05, 0) is 30.7 Å². The zero-order valence-corrected chi connectivity index (χ0v) is 19.0. The van der Waals surface area contributed by atoms with Crippen LogP contribution in [0.15, 0.2) is 52.9 Å². The summed E-state index contributed by atoms with van der Waals surface area (Å²) in [5.41, 5.74) is 1.26. The average molecular weight is 473 g/mol. The van der Waals surface area contributed by atoms with E-state index in [1.807, 2.05) is 25.1 Å². The third kappa shape index (κ3) is 4.64. The highest BCUT2D eigenvalue weighted by molar-refractivity contribution is 6.34. The average Bonchev–Trinajstić information content (AvgIpc) is 3.40. The molecule has 3 aromatic rings. The Kier molecular flexibility index (Phi) is 6.77. The molecule has 32 heavy (non-hydrogen) atoms. The first-order chi connectivity index (χ1) is 15.5. The van der Waals surface area contributed by atoms with Gasteiger partial charge in [0.15, 0.2) is 0 Å². The van der Waals surface area contributed by atoms with E-state index in [-0.39, 0.29) is 31.3 Å². The van der Waals surface area contributed by atoms with Crippen LogP contribution < -0.4 is 4.90 Å². The van der Waals surface area contributed by atoms with E-state index in [2.05, 4.69) is 10.2 Å². The number of aromatic nitrogens is 2. The highest BCUT2D eigenvalue weighted by atomic mass is 35.5. The van der Waals surface area contributed by atoms with Crippen molar-refractivity contribution < 1.29 is 14.0 Å². The Bertz CT molecular complexity index is 1130. The molecule has 2 heterocycles. The highest BCUT2D eigenvalue weighted by Gasteiger charge is 2.38. The van der Waals surface area contributed by atoms with Crippen LogP contribution >= 0.6 is 23.2 Å². The summed E-state index contributed by atoms with van der Waals surface area (Å²) in [5, 5.41) is 9.16. The molecular formula is C23H22Cl2N4O3. The number of para-hydroxylation sites is 1. The number of hydrogen-bond acceptors (Lipinski definition) is 5. The minimum Gasteiger partial charge on any atom is -0.419 e. The topological polar surface area (TPSA) is 79.5 Å². The third-order valence-corrected chi connectivity index (χ3v) is 5.97. The Morgan fingerprint density at radius 3 is 2.56 bits per heavy atom. The Hall–Kier alpha value is -2.90. The Morgan fingerprint density at radius 2 is 1.84 bits per heavy atom. The van der Waals surface area contributed by atoms with Gasteiger partial charge >= 0.3 is 0 Å². The molecule has 4 rings (SSSR count). The fraction of sp³-hybridized carbons (Fsp3) is 0.304.